The van der Waals surface area contributed by atoms with Gasteiger partial charge in [0.1, 0.15) is 0 Å². The molecule has 2 aliphatic rings. The van der Waals surface area contributed by atoms with Gasteiger partial charge >= 0.3 is 0 Å². The van der Waals surface area contributed by atoms with Crippen LogP contribution in [-0.4, -0.2) is 17.3 Å². The van der Waals surface area contributed by atoms with E-state index in [1.807, 2.05) is 6.07 Å². The summed E-state index contributed by atoms with van der Waals surface area (Å²) in [7, 11) is 0. The van der Waals surface area contributed by atoms with Crippen molar-refractivity contribution in [3.05, 3.63) is 35.9 Å². The first kappa shape index (κ1) is 13.1. The van der Waals surface area contributed by atoms with Gasteiger partial charge in [-0.3, -0.25) is 0 Å². The number of hydrogen-bond donors (Lipinski definition) is 0. The average molecular weight is 260 g/mol. The number of ether oxygens (including phenoxy) is 2. The minimum absolute atomic E-state index is 0.0656. The second-order valence-corrected chi connectivity index (χ2v) is 6.62. The highest BCUT2D eigenvalue weighted by Crippen LogP contribution is 2.55. The van der Waals surface area contributed by atoms with Gasteiger partial charge in [-0.2, -0.15) is 0 Å². The van der Waals surface area contributed by atoms with Crippen molar-refractivity contribution in [1.29, 1.82) is 0 Å². The van der Waals surface area contributed by atoms with Crippen LogP contribution in [0.1, 0.15) is 45.6 Å². The molecule has 2 saturated heterocycles. The third kappa shape index (κ3) is 2.21. The van der Waals surface area contributed by atoms with Crippen molar-refractivity contribution in [2.24, 2.45) is 5.92 Å². The summed E-state index contributed by atoms with van der Waals surface area (Å²) >= 11 is 0. The molecule has 2 nitrogen and oxygen atoms in total. The van der Waals surface area contributed by atoms with Crippen molar-refractivity contribution in [3.8, 4) is 0 Å². The number of benzene rings is 1. The van der Waals surface area contributed by atoms with Crippen molar-refractivity contribution in [2.45, 2.75) is 63.9 Å². The van der Waals surface area contributed by atoms with Gasteiger partial charge in [0.05, 0.1) is 23.9 Å². The summed E-state index contributed by atoms with van der Waals surface area (Å²) in [6, 6.07) is 10.4. The molecule has 19 heavy (non-hydrogen) atoms. The van der Waals surface area contributed by atoms with Crippen LogP contribution < -0.4 is 0 Å². The van der Waals surface area contributed by atoms with Gasteiger partial charge in [0, 0.05) is 6.42 Å². The van der Waals surface area contributed by atoms with Crippen molar-refractivity contribution in [1.82, 2.24) is 0 Å². The van der Waals surface area contributed by atoms with Crippen LogP contribution in [0.3, 0.4) is 0 Å². The lowest BCUT2D eigenvalue weighted by molar-refractivity contribution is -0.0959. The molecule has 0 aliphatic carbocycles. The van der Waals surface area contributed by atoms with Gasteiger partial charge in [0.25, 0.3) is 0 Å². The Morgan fingerprint density at radius 3 is 2.63 bits per heavy atom. The van der Waals surface area contributed by atoms with E-state index in [0.29, 0.717) is 12.5 Å². The molecule has 3 rings (SSSR count). The highest BCUT2D eigenvalue weighted by atomic mass is 16.6. The summed E-state index contributed by atoms with van der Waals surface area (Å²) in [5.74, 6) is 0.569. The molecule has 2 bridgehead atoms. The first-order valence-corrected chi connectivity index (χ1v) is 7.40. The van der Waals surface area contributed by atoms with E-state index in [1.54, 1.807) is 0 Å². The Hall–Kier alpha value is -0.860. The van der Waals surface area contributed by atoms with Crippen molar-refractivity contribution < 1.29 is 9.47 Å². The molecule has 0 N–H and O–H groups in total. The molecule has 1 aromatic rings. The van der Waals surface area contributed by atoms with Crippen LogP contribution in [0.15, 0.2) is 30.3 Å². The summed E-state index contributed by atoms with van der Waals surface area (Å²) in [4.78, 5) is 0. The lowest BCUT2D eigenvalue weighted by atomic mass is 9.75. The minimum atomic E-state index is -0.0704. The first-order valence-electron chi connectivity index (χ1n) is 7.40. The maximum atomic E-state index is 6.38. The van der Waals surface area contributed by atoms with Gasteiger partial charge in [-0.25, -0.2) is 0 Å². The lowest BCUT2D eigenvalue weighted by Gasteiger charge is -2.31. The maximum absolute atomic E-state index is 6.38. The second kappa shape index (κ2) is 4.60. The molecule has 3 unspecified atom stereocenters. The van der Waals surface area contributed by atoms with Gasteiger partial charge in [-0.15, -0.1) is 0 Å². The molecule has 0 spiro atoms. The molecule has 1 aromatic carbocycles. The second-order valence-electron chi connectivity index (χ2n) is 6.62. The highest BCUT2D eigenvalue weighted by molar-refractivity contribution is 5.14. The predicted octanol–water partition coefficient (Wildman–Crippen LogP) is 3.94. The van der Waals surface area contributed by atoms with E-state index >= 15 is 0 Å². The zero-order valence-electron chi connectivity index (χ0n) is 12.2. The van der Waals surface area contributed by atoms with E-state index in [1.165, 1.54) is 12.0 Å². The molecule has 0 aromatic heterocycles. The molecule has 0 saturated carbocycles. The average Bonchev–Trinajstić information content (AvgIpc) is 2.90. The lowest BCUT2D eigenvalue weighted by Crippen LogP contribution is -2.38. The summed E-state index contributed by atoms with van der Waals surface area (Å²) in [5.41, 5.74) is 1.24. The Bertz CT molecular complexity index is 442. The van der Waals surface area contributed by atoms with E-state index < -0.39 is 0 Å². The molecule has 0 amide bonds. The number of hydrogen-bond acceptors (Lipinski definition) is 2. The van der Waals surface area contributed by atoms with E-state index in [-0.39, 0.29) is 17.3 Å². The van der Waals surface area contributed by atoms with E-state index in [2.05, 4.69) is 45.0 Å². The number of rotatable bonds is 4. The molecule has 0 radical (unpaired) electrons. The fourth-order valence-corrected chi connectivity index (χ4v) is 3.57. The Morgan fingerprint density at radius 1 is 1.26 bits per heavy atom. The van der Waals surface area contributed by atoms with E-state index in [4.69, 9.17) is 9.47 Å². The molecule has 2 fully saturated rings. The predicted molar refractivity (Wildman–Crippen MR) is 75.9 cm³/mol. The highest BCUT2D eigenvalue weighted by Gasteiger charge is 2.60. The molecule has 2 heteroatoms. The standard InChI is InChI=1S/C17H24O2/c1-13(2)17-10-9-16(3,19-17)15(11-17)18-12-14-7-5-4-6-8-14/h4-8,13,15H,9-12H2,1-3H3. The third-order valence-corrected chi connectivity index (χ3v) is 5.04. The molecule has 2 aliphatic heterocycles. The molecule has 2 heterocycles. The largest absolute Gasteiger partial charge is 0.370 e. The van der Waals surface area contributed by atoms with Gasteiger partial charge in [0.2, 0.25) is 0 Å². The van der Waals surface area contributed by atoms with Crippen LogP contribution in [0, 0.1) is 5.92 Å². The van der Waals surface area contributed by atoms with Crippen LogP contribution in [0.4, 0.5) is 0 Å². The monoisotopic (exact) mass is 260 g/mol. The Kier molecular flexibility index (Phi) is 3.18. The van der Waals surface area contributed by atoms with Gasteiger partial charge in [-0.1, -0.05) is 44.2 Å². The topological polar surface area (TPSA) is 18.5 Å². The first-order chi connectivity index (χ1) is 9.04. The summed E-state index contributed by atoms with van der Waals surface area (Å²) in [6.07, 6.45) is 3.61. The van der Waals surface area contributed by atoms with Gasteiger partial charge < -0.3 is 9.47 Å². The van der Waals surface area contributed by atoms with Crippen LogP contribution in [-0.2, 0) is 16.1 Å². The molecule has 104 valence electrons. The fourth-order valence-electron chi connectivity index (χ4n) is 3.57. The summed E-state index contributed by atoms with van der Waals surface area (Å²) in [6.45, 7) is 7.45. The zero-order chi connectivity index (χ0) is 13.5. The van der Waals surface area contributed by atoms with E-state index in [9.17, 15) is 0 Å². The molecule has 3 atom stereocenters. The quantitative estimate of drug-likeness (QED) is 0.816. The Morgan fingerprint density at radius 2 is 2.00 bits per heavy atom. The minimum Gasteiger partial charge on any atom is -0.370 e. The smallest absolute Gasteiger partial charge is 0.0924 e. The zero-order valence-corrected chi connectivity index (χ0v) is 12.2. The number of fused-ring (bicyclic) bond motifs is 2. The molecular formula is C17H24O2. The van der Waals surface area contributed by atoms with Gasteiger partial charge in [-0.05, 0) is 31.2 Å². The van der Waals surface area contributed by atoms with E-state index in [0.717, 1.165) is 12.8 Å². The molecular weight excluding hydrogens is 236 g/mol. The fraction of sp³-hybridized carbons (Fsp3) is 0.647. The van der Waals surface area contributed by atoms with Crippen LogP contribution in [0.5, 0.6) is 0 Å². The SMILES string of the molecule is CC(C)C12CCC(C)(O1)C(OCc1ccccc1)C2. The normalized spacial score (nSPS) is 37.2. The van der Waals surface area contributed by atoms with Gasteiger partial charge in [0.15, 0.2) is 0 Å². The maximum Gasteiger partial charge on any atom is 0.0924 e. The Balaban J connectivity index is 1.67. The van der Waals surface area contributed by atoms with Crippen molar-refractivity contribution >= 4 is 0 Å². The summed E-state index contributed by atoms with van der Waals surface area (Å²) < 4.78 is 12.6. The van der Waals surface area contributed by atoms with Crippen LogP contribution in [0.25, 0.3) is 0 Å². The third-order valence-electron chi connectivity index (χ3n) is 5.04. The summed E-state index contributed by atoms with van der Waals surface area (Å²) in [5, 5.41) is 0. The van der Waals surface area contributed by atoms with Crippen LogP contribution >= 0.6 is 0 Å². The van der Waals surface area contributed by atoms with Crippen molar-refractivity contribution in [3.63, 3.8) is 0 Å². The van der Waals surface area contributed by atoms with Crippen molar-refractivity contribution in [2.75, 3.05) is 0 Å². The van der Waals surface area contributed by atoms with Crippen LogP contribution in [0.2, 0.25) is 0 Å². The Labute approximate surface area is 116 Å².